The van der Waals surface area contributed by atoms with Gasteiger partial charge in [-0.05, 0) is 41.8 Å². The number of hydrogen-bond acceptors (Lipinski definition) is 5. The van der Waals surface area contributed by atoms with Crippen molar-refractivity contribution in [3.05, 3.63) is 70.3 Å². The molecule has 0 aromatic heterocycles. The molecule has 1 aliphatic heterocycles. The number of nitrogens with zero attached hydrogens (tertiary/aromatic N) is 1. The van der Waals surface area contributed by atoms with Gasteiger partial charge in [0.05, 0.1) is 29.5 Å². The van der Waals surface area contributed by atoms with Gasteiger partial charge in [-0.2, -0.15) is 5.26 Å². The number of allylic oxidation sites excluding steroid dienone is 1. The number of amides is 2. The molecule has 1 heterocycles. The lowest BCUT2D eigenvalue weighted by Gasteiger charge is -2.25. The molecular weight excluding hydrogens is 398 g/mol. The van der Waals surface area contributed by atoms with Crippen LogP contribution in [0.2, 0.25) is 0 Å². The summed E-state index contributed by atoms with van der Waals surface area (Å²) in [6.45, 7) is 2.07. The molecule has 1 atom stereocenters. The molecule has 154 valence electrons. The molecule has 7 heteroatoms. The summed E-state index contributed by atoms with van der Waals surface area (Å²) >= 11 is 1.16. The summed E-state index contributed by atoms with van der Waals surface area (Å²) in [7, 11) is 1.58. The zero-order chi connectivity index (χ0) is 21.5. The number of carbonyl (C=O) groups excluding carboxylic acids is 2. The highest BCUT2D eigenvalue weighted by molar-refractivity contribution is 8.03. The van der Waals surface area contributed by atoms with Crippen molar-refractivity contribution in [2.24, 2.45) is 0 Å². The van der Waals surface area contributed by atoms with Gasteiger partial charge in [-0.15, -0.1) is 0 Å². The second kappa shape index (κ2) is 9.99. The second-order valence-electron chi connectivity index (χ2n) is 6.82. The quantitative estimate of drug-likeness (QED) is 0.706. The molecule has 0 bridgehead atoms. The Hall–Kier alpha value is -3.24. The SMILES string of the molecule is CCc1ccc(NC(=O)CSC2=C(C#N)[C@H](c3ccc(OC)cc3)CC(=O)N2)cc1. The molecule has 3 rings (SSSR count). The van der Waals surface area contributed by atoms with Crippen molar-refractivity contribution in [1.29, 1.82) is 5.26 Å². The number of nitriles is 1. The molecule has 0 radical (unpaired) electrons. The Balaban J connectivity index is 1.71. The van der Waals surface area contributed by atoms with Gasteiger partial charge in [0.2, 0.25) is 11.8 Å². The van der Waals surface area contributed by atoms with E-state index in [1.165, 1.54) is 5.56 Å². The minimum atomic E-state index is -0.346. The molecule has 2 N–H and O–H groups in total. The smallest absolute Gasteiger partial charge is 0.234 e. The molecule has 2 aromatic carbocycles. The summed E-state index contributed by atoms with van der Waals surface area (Å²) in [5.74, 6) is 0.0790. The van der Waals surface area contributed by atoms with Gasteiger partial charge in [0.25, 0.3) is 0 Å². The van der Waals surface area contributed by atoms with Gasteiger partial charge in [-0.25, -0.2) is 0 Å². The highest BCUT2D eigenvalue weighted by atomic mass is 32.2. The van der Waals surface area contributed by atoms with Crippen LogP contribution >= 0.6 is 11.8 Å². The molecule has 1 aliphatic rings. The Morgan fingerprint density at radius 3 is 2.53 bits per heavy atom. The van der Waals surface area contributed by atoms with Crippen LogP contribution in [0.15, 0.2) is 59.1 Å². The van der Waals surface area contributed by atoms with Crippen LogP contribution in [0.5, 0.6) is 5.75 Å². The molecule has 0 fully saturated rings. The number of methoxy groups -OCH3 is 1. The number of hydrogen-bond donors (Lipinski definition) is 2. The fourth-order valence-electron chi connectivity index (χ4n) is 3.21. The van der Waals surface area contributed by atoms with Crippen molar-refractivity contribution < 1.29 is 14.3 Å². The van der Waals surface area contributed by atoms with Gasteiger partial charge < -0.3 is 15.4 Å². The number of aryl methyl sites for hydroxylation is 1. The summed E-state index contributed by atoms with van der Waals surface area (Å²) in [4.78, 5) is 24.6. The third-order valence-corrected chi connectivity index (χ3v) is 5.88. The zero-order valence-electron chi connectivity index (χ0n) is 16.9. The van der Waals surface area contributed by atoms with Crippen LogP contribution in [-0.2, 0) is 16.0 Å². The third kappa shape index (κ3) is 5.22. The summed E-state index contributed by atoms with van der Waals surface area (Å²) in [6.07, 6.45) is 1.12. The number of benzene rings is 2. The highest BCUT2D eigenvalue weighted by Crippen LogP contribution is 2.36. The lowest BCUT2D eigenvalue weighted by atomic mass is 9.87. The molecule has 0 saturated carbocycles. The van der Waals surface area contributed by atoms with E-state index in [9.17, 15) is 14.9 Å². The standard InChI is InChI=1S/C23H23N3O3S/c1-3-15-4-8-17(9-5-15)25-22(28)14-30-23-20(13-24)19(12-21(27)26-23)16-6-10-18(29-2)11-7-16/h4-11,19H,3,12,14H2,1-2H3,(H,25,28)(H,26,27)/t19-/m0/s1. The summed E-state index contributed by atoms with van der Waals surface area (Å²) < 4.78 is 5.17. The number of ether oxygens (including phenoxy) is 1. The van der Waals surface area contributed by atoms with Crippen molar-refractivity contribution in [2.75, 3.05) is 18.2 Å². The lowest BCUT2D eigenvalue weighted by Crippen LogP contribution is -2.31. The first-order valence-corrected chi connectivity index (χ1v) is 10.6. The summed E-state index contributed by atoms with van der Waals surface area (Å²) in [6, 6.07) is 17.2. The van der Waals surface area contributed by atoms with Gasteiger partial charge in [0, 0.05) is 18.0 Å². The van der Waals surface area contributed by atoms with E-state index in [0.717, 1.165) is 29.4 Å². The number of nitrogens with one attached hydrogen (secondary N) is 2. The average Bonchev–Trinajstić information content (AvgIpc) is 2.78. The first-order chi connectivity index (χ1) is 14.5. The lowest BCUT2D eigenvalue weighted by molar-refractivity contribution is -0.121. The van der Waals surface area contributed by atoms with Crippen molar-refractivity contribution in [3.63, 3.8) is 0 Å². The molecule has 0 unspecified atom stereocenters. The van der Waals surface area contributed by atoms with E-state index in [0.29, 0.717) is 16.4 Å². The van der Waals surface area contributed by atoms with Gasteiger partial charge in [0.1, 0.15) is 5.75 Å². The summed E-state index contributed by atoms with van der Waals surface area (Å²) in [5, 5.41) is 15.8. The van der Waals surface area contributed by atoms with Crippen LogP contribution in [0.3, 0.4) is 0 Å². The largest absolute Gasteiger partial charge is 0.497 e. The molecule has 0 spiro atoms. The molecule has 6 nitrogen and oxygen atoms in total. The van der Waals surface area contributed by atoms with E-state index >= 15 is 0 Å². The van der Waals surface area contributed by atoms with Crippen LogP contribution in [-0.4, -0.2) is 24.7 Å². The fourth-order valence-corrected chi connectivity index (χ4v) is 4.09. The van der Waals surface area contributed by atoms with E-state index in [2.05, 4.69) is 23.6 Å². The molecule has 2 aromatic rings. The minimum Gasteiger partial charge on any atom is -0.497 e. The monoisotopic (exact) mass is 421 g/mol. The molecular formula is C23H23N3O3S. The van der Waals surface area contributed by atoms with Gasteiger partial charge >= 0.3 is 0 Å². The number of thioether (sulfide) groups is 1. The van der Waals surface area contributed by atoms with Gasteiger partial charge in [-0.3, -0.25) is 9.59 Å². The fraction of sp³-hybridized carbons (Fsp3) is 0.261. The second-order valence-corrected chi connectivity index (χ2v) is 7.81. The maximum atomic E-state index is 12.3. The van der Waals surface area contributed by atoms with Crippen LogP contribution in [0.25, 0.3) is 0 Å². The first kappa shape index (κ1) is 21.5. The highest BCUT2D eigenvalue weighted by Gasteiger charge is 2.29. The maximum Gasteiger partial charge on any atom is 0.234 e. The molecule has 2 amide bonds. The average molecular weight is 422 g/mol. The van der Waals surface area contributed by atoms with E-state index in [4.69, 9.17) is 4.74 Å². The first-order valence-electron chi connectivity index (χ1n) is 9.63. The normalized spacial score (nSPS) is 15.9. The Bertz CT molecular complexity index is 992. The zero-order valence-corrected chi connectivity index (χ0v) is 17.7. The Kier molecular flexibility index (Phi) is 7.15. The van der Waals surface area contributed by atoms with Crippen LogP contribution in [0.4, 0.5) is 5.69 Å². The number of rotatable bonds is 7. The van der Waals surface area contributed by atoms with Gasteiger partial charge in [-0.1, -0.05) is 43.0 Å². The Morgan fingerprint density at radius 1 is 1.23 bits per heavy atom. The maximum absolute atomic E-state index is 12.3. The Morgan fingerprint density at radius 2 is 1.93 bits per heavy atom. The summed E-state index contributed by atoms with van der Waals surface area (Å²) in [5.41, 5.74) is 3.24. The van der Waals surface area contributed by atoms with E-state index in [1.54, 1.807) is 19.2 Å². The van der Waals surface area contributed by atoms with Gasteiger partial charge in [0.15, 0.2) is 0 Å². The predicted octanol–water partition coefficient (Wildman–Crippen LogP) is 3.97. The Labute approximate surface area is 180 Å². The topological polar surface area (TPSA) is 91.2 Å². The molecule has 30 heavy (non-hydrogen) atoms. The predicted molar refractivity (Wildman–Crippen MR) is 118 cm³/mol. The molecule has 0 aliphatic carbocycles. The van der Waals surface area contributed by atoms with Crippen LogP contribution in [0.1, 0.15) is 30.4 Å². The van der Waals surface area contributed by atoms with Crippen molar-refractivity contribution >= 4 is 29.3 Å². The van der Waals surface area contributed by atoms with Crippen molar-refractivity contribution in [2.45, 2.75) is 25.7 Å². The third-order valence-electron chi connectivity index (χ3n) is 4.87. The number of anilines is 1. The van der Waals surface area contributed by atoms with Crippen molar-refractivity contribution in [3.8, 4) is 11.8 Å². The molecule has 0 saturated heterocycles. The minimum absolute atomic E-state index is 0.0889. The number of carbonyl (C=O) groups is 2. The van der Waals surface area contributed by atoms with E-state index in [-0.39, 0.29) is 29.9 Å². The van der Waals surface area contributed by atoms with Crippen LogP contribution in [0, 0.1) is 11.3 Å². The van der Waals surface area contributed by atoms with E-state index in [1.807, 2.05) is 36.4 Å². The van der Waals surface area contributed by atoms with Crippen molar-refractivity contribution in [1.82, 2.24) is 5.32 Å². The van der Waals surface area contributed by atoms with E-state index < -0.39 is 0 Å². The van der Waals surface area contributed by atoms with Crippen LogP contribution < -0.4 is 15.4 Å².